The SMILES string of the molecule is CN(C)c1ccc(/C=N/Nc2ccc(S(=O)(=O)N3CCCC3)cc2[N+](=O)[O-])cc1. The molecule has 0 aliphatic carbocycles. The molecule has 9 nitrogen and oxygen atoms in total. The highest BCUT2D eigenvalue weighted by atomic mass is 32.2. The van der Waals surface area contributed by atoms with Gasteiger partial charge in [0, 0.05) is 38.9 Å². The second-order valence-electron chi connectivity index (χ2n) is 6.90. The molecule has 154 valence electrons. The third-order valence-corrected chi connectivity index (χ3v) is 6.57. The lowest BCUT2D eigenvalue weighted by Crippen LogP contribution is -2.27. The first-order valence-corrected chi connectivity index (χ1v) is 10.6. The Hall–Kier alpha value is -2.98. The van der Waals surface area contributed by atoms with Crippen molar-refractivity contribution in [1.82, 2.24) is 4.31 Å². The van der Waals surface area contributed by atoms with Gasteiger partial charge in [-0.15, -0.1) is 0 Å². The predicted octanol–water partition coefficient (Wildman–Crippen LogP) is 2.89. The first-order valence-electron chi connectivity index (χ1n) is 9.14. The fraction of sp³-hybridized carbons (Fsp3) is 0.316. The Morgan fingerprint density at radius 1 is 1.14 bits per heavy atom. The van der Waals surface area contributed by atoms with E-state index in [0.29, 0.717) is 13.1 Å². The lowest BCUT2D eigenvalue weighted by Gasteiger charge is -2.15. The number of hydrogen-bond donors (Lipinski definition) is 1. The molecule has 3 rings (SSSR count). The summed E-state index contributed by atoms with van der Waals surface area (Å²) in [5, 5.41) is 15.5. The normalized spacial score (nSPS) is 15.0. The van der Waals surface area contributed by atoms with Gasteiger partial charge in [-0.25, -0.2) is 8.42 Å². The van der Waals surface area contributed by atoms with Crippen LogP contribution in [0.5, 0.6) is 0 Å². The highest BCUT2D eigenvalue weighted by Crippen LogP contribution is 2.30. The van der Waals surface area contributed by atoms with Crippen molar-refractivity contribution >= 4 is 33.3 Å². The van der Waals surface area contributed by atoms with E-state index < -0.39 is 14.9 Å². The van der Waals surface area contributed by atoms with Crippen LogP contribution in [0.3, 0.4) is 0 Å². The zero-order valence-corrected chi connectivity index (χ0v) is 17.1. The van der Waals surface area contributed by atoms with Gasteiger partial charge in [0.25, 0.3) is 5.69 Å². The lowest BCUT2D eigenvalue weighted by atomic mass is 10.2. The molecule has 2 aromatic rings. The van der Waals surface area contributed by atoms with Crippen molar-refractivity contribution < 1.29 is 13.3 Å². The van der Waals surface area contributed by atoms with E-state index in [4.69, 9.17) is 0 Å². The van der Waals surface area contributed by atoms with Crippen molar-refractivity contribution in [2.75, 3.05) is 37.5 Å². The van der Waals surface area contributed by atoms with Crippen LogP contribution >= 0.6 is 0 Å². The summed E-state index contributed by atoms with van der Waals surface area (Å²) in [5.41, 5.74) is 4.28. The molecule has 1 saturated heterocycles. The van der Waals surface area contributed by atoms with E-state index in [1.807, 2.05) is 43.3 Å². The average Bonchev–Trinajstić information content (AvgIpc) is 3.24. The van der Waals surface area contributed by atoms with E-state index in [1.54, 1.807) is 0 Å². The summed E-state index contributed by atoms with van der Waals surface area (Å²) in [6.45, 7) is 0.875. The quantitative estimate of drug-likeness (QED) is 0.422. The van der Waals surface area contributed by atoms with E-state index in [2.05, 4.69) is 10.5 Å². The topological polar surface area (TPSA) is 108 Å². The summed E-state index contributed by atoms with van der Waals surface area (Å²) in [7, 11) is 0.156. The van der Waals surface area contributed by atoms with Crippen molar-refractivity contribution in [1.29, 1.82) is 0 Å². The minimum absolute atomic E-state index is 0.0834. The monoisotopic (exact) mass is 417 g/mol. The van der Waals surface area contributed by atoms with Gasteiger partial charge >= 0.3 is 0 Å². The fourth-order valence-electron chi connectivity index (χ4n) is 3.03. The van der Waals surface area contributed by atoms with Gasteiger partial charge in [0.2, 0.25) is 10.0 Å². The number of hydrazone groups is 1. The molecule has 0 aromatic heterocycles. The molecule has 10 heteroatoms. The Morgan fingerprint density at radius 2 is 1.79 bits per heavy atom. The summed E-state index contributed by atoms with van der Waals surface area (Å²) < 4.78 is 26.6. The Balaban J connectivity index is 1.79. The first kappa shape index (κ1) is 20.7. The van der Waals surface area contributed by atoms with Crippen LogP contribution in [0.4, 0.5) is 17.1 Å². The van der Waals surface area contributed by atoms with Gasteiger partial charge in [-0.2, -0.15) is 9.41 Å². The summed E-state index contributed by atoms with van der Waals surface area (Å²) in [5.74, 6) is 0. The maximum Gasteiger partial charge on any atom is 0.295 e. The number of nitro benzene ring substituents is 1. The van der Waals surface area contributed by atoms with Crippen molar-refractivity contribution in [3.8, 4) is 0 Å². The van der Waals surface area contributed by atoms with Gasteiger partial charge < -0.3 is 4.90 Å². The van der Waals surface area contributed by atoms with Crippen LogP contribution in [-0.4, -0.2) is 51.0 Å². The van der Waals surface area contributed by atoms with Crippen LogP contribution in [0.15, 0.2) is 52.5 Å². The highest BCUT2D eigenvalue weighted by molar-refractivity contribution is 7.89. The number of sulfonamides is 1. The summed E-state index contributed by atoms with van der Waals surface area (Å²) in [6.07, 6.45) is 3.13. The van der Waals surface area contributed by atoms with E-state index in [9.17, 15) is 18.5 Å². The van der Waals surface area contributed by atoms with Gasteiger partial charge in [0.05, 0.1) is 16.0 Å². The van der Waals surface area contributed by atoms with Crippen LogP contribution in [0.2, 0.25) is 0 Å². The number of anilines is 2. The Kier molecular flexibility index (Phi) is 6.14. The smallest absolute Gasteiger partial charge is 0.295 e. The molecule has 2 aromatic carbocycles. The molecule has 1 aliphatic heterocycles. The average molecular weight is 417 g/mol. The molecule has 0 bridgehead atoms. The minimum atomic E-state index is -3.73. The number of nitrogens with one attached hydrogen (secondary N) is 1. The van der Waals surface area contributed by atoms with E-state index >= 15 is 0 Å². The summed E-state index contributed by atoms with van der Waals surface area (Å²) in [6, 6.07) is 11.4. The second-order valence-corrected chi connectivity index (χ2v) is 8.84. The standard InChI is InChI=1S/C19H23N5O4S/c1-22(2)16-7-5-15(6-8-16)14-20-21-18-10-9-17(13-19(18)24(25)26)29(27,28)23-11-3-4-12-23/h5-10,13-14,21H,3-4,11-12H2,1-2H3/b20-14+. The summed E-state index contributed by atoms with van der Waals surface area (Å²) in [4.78, 5) is 12.7. The molecule has 29 heavy (non-hydrogen) atoms. The molecule has 0 atom stereocenters. The number of nitrogens with zero attached hydrogens (tertiary/aromatic N) is 4. The van der Waals surface area contributed by atoms with E-state index in [1.165, 1.54) is 22.7 Å². The minimum Gasteiger partial charge on any atom is -0.378 e. The molecule has 0 unspecified atom stereocenters. The number of rotatable bonds is 7. The van der Waals surface area contributed by atoms with Crippen LogP contribution in [-0.2, 0) is 10.0 Å². The van der Waals surface area contributed by atoms with Gasteiger partial charge in [-0.3, -0.25) is 15.5 Å². The van der Waals surface area contributed by atoms with Crippen LogP contribution in [0.25, 0.3) is 0 Å². The lowest BCUT2D eigenvalue weighted by molar-refractivity contribution is -0.384. The molecule has 1 fully saturated rings. The van der Waals surface area contributed by atoms with E-state index in [-0.39, 0.29) is 16.3 Å². The molecular weight excluding hydrogens is 394 g/mol. The molecule has 0 amide bonds. The van der Waals surface area contributed by atoms with E-state index in [0.717, 1.165) is 30.2 Å². The largest absolute Gasteiger partial charge is 0.378 e. The maximum absolute atomic E-state index is 12.6. The fourth-order valence-corrected chi connectivity index (χ4v) is 4.57. The van der Waals surface area contributed by atoms with Gasteiger partial charge in [-0.1, -0.05) is 12.1 Å². The Morgan fingerprint density at radius 3 is 2.38 bits per heavy atom. The molecule has 0 radical (unpaired) electrons. The third-order valence-electron chi connectivity index (χ3n) is 4.68. The number of nitro groups is 1. The van der Waals surface area contributed by atoms with Gasteiger partial charge in [-0.05, 0) is 42.7 Å². The predicted molar refractivity (Wildman–Crippen MR) is 113 cm³/mol. The molecular formula is C19H23N5O4S. The Labute approximate surface area is 169 Å². The van der Waals surface area contributed by atoms with Crippen LogP contribution in [0.1, 0.15) is 18.4 Å². The summed E-state index contributed by atoms with van der Waals surface area (Å²) >= 11 is 0. The number of hydrogen-bond acceptors (Lipinski definition) is 7. The van der Waals surface area contributed by atoms with Gasteiger partial charge in [0.1, 0.15) is 5.69 Å². The molecule has 1 heterocycles. The van der Waals surface area contributed by atoms with Crippen molar-refractivity contribution in [2.45, 2.75) is 17.7 Å². The molecule has 0 saturated carbocycles. The van der Waals surface area contributed by atoms with Crippen molar-refractivity contribution in [3.05, 3.63) is 58.1 Å². The van der Waals surface area contributed by atoms with Crippen molar-refractivity contribution in [2.24, 2.45) is 5.10 Å². The maximum atomic E-state index is 12.6. The zero-order valence-electron chi connectivity index (χ0n) is 16.3. The van der Waals surface area contributed by atoms with Crippen LogP contribution in [0, 0.1) is 10.1 Å². The molecule has 0 spiro atoms. The second kappa shape index (κ2) is 8.58. The first-order chi connectivity index (χ1) is 13.8. The molecule has 1 N–H and O–H groups in total. The Bertz CT molecular complexity index is 1010. The zero-order chi connectivity index (χ0) is 21.0. The van der Waals surface area contributed by atoms with Crippen LogP contribution < -0.4 is 10.3 Å². The van der Waals surface area contributed by atoms with Gasteiger partial charge in [0.15, 0.2) is 0 Å². The van der Waals surface area contributed by atoms with Crippen molar-refractivity contribution in [3.63, 3.8) is 0 Å². The third kappa shape index (κ3) is 4.72. The number of benzene rings is 2. The highest BCUT2D eigenvalue weighted by Gasteiger charge is 2.29. The molecule has 1 aliphatic rings.